The SMILES string of the molecule is CCOc1c(Cl)cccc1Nc1ccc(F)c2[nH]c(C(=O)O)cc12. The van der Waals surface area contributed by atoms with E-state index < -0.39 is 11.8 Å². The lowest BCUT2D eigenvalue weighted by Gasteiger charge is -2.14. The maximum atomic E-state index is 13.9. The van der Waals surface area contributed by atoms with Crippen molar-refractivity contribution in [3.8, 4) is 5.75 Å². The van der Waals surface area contributed by atoms with Crippen LogP contribution in [0.4, 0.5) is 15.8 Å². The molecular formula is C17H14ClFN2O3. The maximum absolute atomic E-state index is 13.9. The topological polar surface area (TPSA) is 74.3 Å². The molecule has 3 aromatic rings. The molecule has 0 bridgehead atoms. The van der Waals surface area contributed by atoms with Gasteiger partial charge in [0.05, 0.1) is 22.8 Å². The second kappa shape index (κ2) is 6.41. The van der Waals surface area contributed by atoms with Gasteiger partial charge in [-0.15, -0.1) is 0 Å². The number of carboxylic acid groups (broad SMARTS) is 1. The number of aromatic carboxylic acids is 1. The molecule has 0 saturated heterocycles. The highest BCUT2D eigenvalue weighted by Gasteiger charge is 2.15. The molecule has 0 saturated carbocycles. The van der Waals surface area contributed by atoms with Gasteiger partial charge in [0.2, 0.25) is 0 Å². The summed E-state index contributed by atoms with van der Waals surface area (Å²) in [5.74, 6) is -1.21. The second-order valence-electron chi connectivity index (χ2n) is 5.05. The number of nitrogens with one attached hydrogen (secondary N) is 2. The zero-order chi connectivity index (χ0) is 17.3. The van der Waals surface area contributed by atoms with Crippen molar-refractivity contribution in [3.63, 3.8) is 0 Å². The minimum Gasteiger partial charge on any atom is -0.490 e. The van der Waals surface area contributed by atoms with Crippen molar-refractivity contribution in [1.82, 2.24) is 4.98 Å². The molecule has 7 heteroatoms. The molecule has 3 N–H and O–H groups in total. The van der Waals surface area contributed by atoms with Crippen molar-refractivity contribution in [1.29, 1.82) is 0 Å². The molecule has 0 radical (unpaired) electrons. The van der Waals surface area contributed by atoms with Crippen LogP contribution in [0.1, 0.15) is 17.4 Å². The first-order valence-electron chi connectivity index (χ1n) is 7.24. The zero-order valence-electron chi connectivity index (χ0n) is 12.7. The molecular weight excluding hydrogens is 335 g/mol. The molecule has 0 aliphatic heterocycles. The number of rotatable bonds is 5. The van der Waals surface area contributed by atoms with Gasteiger partial charge in [-0.05, 0) is 37.3 Å². The van der Waals surface area contributed by atoms with Gasteiger partial charge < -0.3 is 20.1 Å². The molecule has 0 aliphatic rings. The Hall–Kier alpha value is -2.73. The predicted molar refractivity (Wildman–Crippen MR) is 91.1 cm³/mol. The number of fused-ring (bicyclic) bond motifs is 1. The first-order valence-corrected chi connectivity index (χ1v) is 7.62. The number of benzene rings is 2. The summed E-state index contributed by atoms with van der Waals surface area (Å²) in [6.45, 7) is 2.28. The summed E-state index contributed by atoms with van der Waals surface area (Å²) in [6.07, 6.45) is 0. The third kappa shape index (κ3) is 2.88. The average molecular weight is 349 g/mol. The monoisotopic (exact) mass is 348 g/mol. The van der Waals surface area contributed by atoms with Gasteiger partial charge in [0, 0.05) is 11.1 Å². The third-order valence-electron chi connectivity index (χ3n) is 3.50. The fraction of sp³-hybridized carbons (Fsp3) is 0.118. The number of carboxylic acids is 1. The van der Waals surface area contributed by atoms with Crippen LogP contribution < -0.4 is 10.1 Å². The Morgan fingerprint density at radius 3 is 2.83 bits per heavy atom. The van der Waals surface area contributed by atoms with E-state index in [4.69, 9.17) is 21.4 Å². The van der Waals surface area contributed by atoms with E-state index in [1.807, 2.05) is 6.92 Å². The summed E-state index contributed by atoms with van der Waals surface area (Å²) in [4.78, 5) is 13.7. The van der Waals surface area contributed by atoms with Gasteiger partial charge in [0.25, 0.3) is 0 Å². The van der Waals surface area contributed by atoms with E-state index in [0.717, 1.165) is 0 Å². The minimum absolute atomic E-state index is 0.0886. The Labute approximate surface area is 142 Å². The van der Waals surface area contributed by atoms with Gasteiger partial charge in [-0.3, -0.25) is 0 Å². The lowest BCUT2D eigenvalue weighted by molar-refractivity contribution is 0.0691. The van der Waals surface area contributed by atoms with Gasteiger partial charge >= 0.3 is 5.97 Å². The van der Waals surface area contributed by atoms with E-state index in [2.05, 4.69) is 10.3 Å². The Morgan fingerprint density at radius 1 is 1.33 bits per heavy atom. The summed E-state index contributed by atoms with van der Waals surface area (Å²) in [7, 11) is 0. The fourth-order valence-corrected chi connectivity index (χ4v) is 2.68. The number of anilines is 2. The van der Waals surface area contributed by atoms with Crippen molar-refractivity contribution in [2.24, 2.45) is 0 Å². The fourth-order valence-electron chi connectivity index (χ4n) is 2.45. The number of hydrogen-bond acceptors (Lipinski definition) is 3. The standard InChI is InChI=1S/C17H14ClFN2O3/c1-2-24-16-10(18)4-3-5-13(16)20-12-7-6-11(19)15-9(12)8-14(21-15)17(22)23/h3-8,20-21H,2H2,1H3,(H,22,23). The molecule has 0 amide bonds. The molecule has 0 unspecified atom stereocenters. The predicted octanol–water partition coefficient (Wildman–Crippen LogP) is 4.80. The van der Waals surface area contributed by atoms with Crippen molar-refractivity contribution in [3.05, 3.63) is 52.9 Å². The lowest BCUT2D eigenvalue weighted by atomic mass is 10.2. The summed E-state index contributed by atoms with van der Waals surface area (Å²) >= 11 is 6.15. The van der Waals surface area contributed by atoms with E-state index in [1.54, 1.807) is 18.2 Å². The number of H-pyrrole nitrogens is 1. The zero-order valence-corrected chi connectivity index (χ0v) is 13.4. The number of halogens is 2. The molecule has 5 nitrogen and oxygen atoms in total. The lowest BCUT2D eigenvalue weighted by Crippen LogP contribution is -1.99. The molecule has 0 aliphatic carbocycles. The first kappa shape index (κ1) is 16.1. The van der Waals surface area contributed by atoms with Crippen LogP contribution in [-0.2, 0) is 0 Å². The smallest absolute Gasteiger partial charge is 0.352 e. The van der Waals surface area contributed by atoms with Crippen LogP contribution in [-0.4, -0.2) is 22.7 Å². The van der Waals surface area contributed by atoms with Gasteiger partial charge in [-0.2, -0.15) is 0 Å². The number of para-hydroxylation sites is 1. The molecule has 2 aromatic carbocycles. The highest BCUT2D eigenvalue weighted by atomic mass is 35.5. The van der Waals surface area contributed by atoms with E-state index in [-0.39, 0.29) is 11.2 Å². The Bertz CT molecular complexity index is 924. The van der Waals surface area contributed by atoms with Gasteiger partial charge in [-0.25, -0.2) is 9.18 Å². The van der Waals surface area contributed by atoms with Crippen LogP contribution in [0.3, 0.4) is 0 Å². The summed E-state index contributed by atoms with van der Waals surface area (Å²) < 4.78 is 19.5. The summed E-state index contributed by atoms with van der Waals surface area (Å²) in [5, 5.41) is 13.1. The number of hydrogen-bond donors (Lipinski definition) is 3. The van der Waals surface area contributed by atoms with Crippen LogP contribution in [0, 0.1) is 5.82 Å². The van der Waals surface area contributed by atoms with Gasteiger partial charge in [0.1, 0.15) is 11.5 Å². The first-order chi connectivity index (χ1) is 11.5. The van der Waals surface area contributed by atoms with Crippen LogP contribution in [0.15, 0.2) is 36.4 Å². The normalized spacial score (nSPS) is 10.8. The van der Waals surface area contributed by atoms with E-state index in [0.29, 0.717) is 34.1 Å². The molecule has 124 valence electrons. The number of aromatic amines is 1. The summed E-state index contributed by atoms with van der Waals surface area (Å²) in [5.41, 5.74) is 1.18. The van der Waals surface area contributed by atoms with Gasteiger partial charge in [0.15, 0.2) is 5.75 Å². The van der Waals surface area contributed by atoms with Crippen LogP contribution >= 0.6 is 11.6 Å². The van der Waals surface area contributed by atoms with Crippen molar-refractivity contribution in [2.45, 2.75) is 6.92 Å². The largest absolute Gasteiger partial charge is 0.490 e. The van der Waals surface area contributed by atoms with Crippen LogP contribution in [0.5, 0.6) is 5.75 Å². The molecule has 0 fully saturated rings. The third-order valence-corrected chi connectivity index (χ3v) is 3.80. The van der Waals surface area contributed by atoms with Crippen molar-refractivity contribution < 1.29 is 19.0 Å². The number of carbonyl (C=O) groups is 1. The molecule has 0 spiro atoms. The Balaban J connectivity index is 2.10. The van der Waals surface area contributed by atoms with E-state index in [1.165, 1.54) is 18.2 Å². The number of aromatic nitrogens is 1. The minimum atomic E-state index is -1.16. The average Bonchev–Trinajstić information content (AvgIpc) is 3.00. The van der Waals surface area contributed by atoms with Gasteiger partial charge in [-0.1, -0.05) is 17.7 Å². The molecule has 3 rings (SSSR count). The van der Waals surface area contributed by atoms with E-state index in [9.17, 15) is 9.18 Å². The highest BCUT2D eigenvalue weighted by Crippen LogP contribution is 2.37. The highest BCUT2D eigenvalue weighted by molar-refractivity contribution is 6.32. The molecule has 1 heterocycles. The Kier molecular flexibility index (Phi) is 4.31. The van der Waals surface area contributed by atoms with E-state index >= 15 is 0 Å². The van der Waals surface area contributed by atoms with Crippen molar-refractivity contribution >= 4 is 39.8 Å². The molecule has 24 heavy (non-hydrogen) atoms. The Morgan fingerprint density at radius 2 is 2.12 bits per heavy atom. The molecule has 0 atom stereocenters. The van der Waals surface area contributed by atoms with Crippen molar-refractivity contribution in [2.75, 3.05) is 11.9 Å². The number of ether oxygens (including phenoxy) is 1. The maximum Gasteiger partial charge on any atom is 0.352 e. The summed E-state index contributed by atoms with van der Waals surface area (Å²) in [6, 6.07) is 9.42. The quantitative estimate of drug-likeness (QED) is 0.619. The van der Waals surface area contributed by atoms with Crippen LogP contribution in [0.25, 0.3) is 10.9 Å². The molecule has 1 aromatic heterocycles. The second-order valence-corrected chi connectivity index (χ2v) is 5.45. The van der Waals surface area contributed by atoms with Crippen LogP contribution in [0.2, 0.25) is 5.02 Å².